The molecule has 0 aliphatic rings. The number of rotatable bonds is 4. The molecule has 1 aromatic heterocycles. The fourth-order valence-corrected chi connectivity index (χ4v) is 1.99. The Morgan fingerprint density at radius 2 is 2.10 bits per heavy atom. The van der Waals surface area contributed by atoms with E-state index in [1.165, 1.54) is 6.92 Å². The van der Waals surface area contributed by atoms with Gasteiger partial charge in [0.1, 0.15) is 0 Å². The van der Waals surface area contributed by atoms with Crippen molar-refractivity contribution in [3.8, 4) is 0 Å². The Morgan fingerprint density at radius 3 is 2.71 bits per heavy atom. The first kappa shape index (κ1) is 15.8. The number of benzene rings is 1. The maximum atomic E-state index is 12.4. The van der Waals surface area contributed by atoms with Crippen molar-refractivity contribution in [2.24, 2.45) is 0 Å². The number of hydrogen-bond acceptors (Lipinski definition) is 4. The quantitative estimate of drug-likeness (QED) is 0.938. The first-order valence-corrected chi connectivity index (χ1v) is 6.47. The maximum absolute atomic E-state index is 12.4. The van der Waals surface area contributed by atoms with Crippen molar-refractivity contribution in [1.82, 2.24) is 10.1 Å². The third-order valence-corrected chi connectivity index (χ3v) is 3.17. The molecule has 1 heterocycles. The number of aromatic nitrogens is 2. The molecule has 4 nitrogen and oxygen atoms in total. The molecule has 2 aromatic rings. The van der Waals surface area contributed by atoms with Gasteiger partial charge < -0.3 is 9.63 Å². The number of nitrogens with zero attached hydrogens (tertiary/aromatic N) is 2. The number of alkyl halides is 3. The number of aliphatic hydroxyl groups excluding tert-OH is 1. The summed E-state index contributed by atoms with van der Waals surface area (Å²) in [5, 5.41) is 13.3. The second-order valence-corrected chi connectivity index (χ2v) is 5.07. The summed E-state index contributed by atoms with van der Waals surface area (Å²) in [7, 11) is 0. The van der Waals surface area contributed by atoms with Gasteiger partial charge in [-0.05, 0) is 17.7 Å². The second kappa shape index (κ2) is 6.03. The molecule has 0 amide bonds. The molecular weight excluding hydrogens is 309 g/mol. The lowest BCUT2D eigenvalue weighted by molar-refractivity contribution is -0.210. The summed E-state index contributed by atoms with van der Waals surface area (Å²) < 4.78 is 42.1. The van der Waals surface area contributed by atoms with Crippen molar-refractivity contribution in [3.63, 3.8) is 0 Å². The summed E-state index contributed by atoms with van der Waals surface area (Å²) in [5.41, 5.74) is 0.805. The maximum Gasteiger partial charge on any atom is 0.415 e. The highest BCUT2D eigenvalue weighted by molar-refractivity contribution is 6.30. The van der Waals surface area contributed by atoms with E-state index in [2.05, 4.69) is 10.1 Å². The van der Waals surface area contributed by atoms with Crippen LogP contribution in [0.5, 0.6) is 0 Å². The van der Waals surface area contributed by atoms with Gasteiger partial charge in [-0.1, -0.05) is 35.8 Å². The van der Waals surface area contributed by atoms with Crippen molar-refractivity contribution in [2.75, 3.05) is 0 Å². The van der Waals surface area contributed by atoms with E-state index < -0.39 is 18.2 Å². The zero-order valence-corrected chi connectivity index (χ0v) is 11.7. The number of aliphatic hydroxyl groups is 1. The van der Waals surface area contributed by atoms with Crippen LogP contribution in [0.2, 0.25) is 5.02 Å². The van der Waals surface area contributed by atoms with E-state index in [4.69, 9.17) is 16.1 Å². The van der Waals surface area contributed by atoms with Crippen LogP contribution in [-0.4, -0.2) is 27.5 Å². The van der Waals surface area contributed by atoms with Crippen LogP contribution in [0, 0.1) is 0 Å². The van der Waals surface area contributed by atoms with Gasteiger partial charge in [0.15, 0.2) is 11.9 Å². The molecule has 0 fully saturated rings. The summed E-state index contributed by atoms with van der Waals surface area (Å²) in [6, 6.07) is 6.94. The highest BCUT2D eigenvalue weighted by atomic mass is 35.5. The molecule has 0 saturated heterocycles. The van der Waals surface area contributed by atoms with Gasteiger partial charge in [0, 0.05) is 11.4 Å². The van der Waals surface area contributed by atoms with Crippen LogP contribution < -0.4 is 0 Å². The van der Waals surface area contributed by atoms with Crippen molar-refractivity contribution < 1.29 is 22.8 Å². The Bertz CT molecular complexity index is 615. The van der Waals surface area contributed by atoms with Crippen LogP contribution in [0.25, 0.3) is 0 Å². The van der Waals surface area contributed by atoms with Crippen molar-refractivity contribution in [3.05, 3.63) is 46.6 Å². The van der Waals surface area contributed by atoms with E-state index in [0.29, 0.717) is 5.02 Å². The molecule has 0 aliphatic heterocycles. The van der Waals surface area contributed by atoms with Gasteiger partial charge >= 0.3 is 6.18 Å². The van der Waals surface area contributed by atoms with Crippen molar-refractivity contribution >= 4 is 11.6 Å². The van der Waals surface area contributed by atoms with Crippen LogP contribution in [0.15, 0.2) is 28.8 Å². The molecule has 8 heteroatoms. The summed E-state index contributed by atoms with van der Waals surface area (Å²) in [5.74, 6) is -1.35. The highest BCUT2D eigenvalue weighted by Gasteiger charge is 2.44. The molecule has 0 aliphatic carbocycles. The van der Waals surface area contributed by atoms with Crippen molar-refractivity contribution in [2.45, 2.75) is 31.5 Å². The monoisotopic (exact) mass is 320 g/mol. The molecule has 0 saturated carbocycles. The van der Waals surface area contributed by atoms with Crippen LogP contribution in [0.4, 0.5) is 13.2 Å². The average molecular weight is 321 g/mol. The van der Waals surface area contributed by atoms with Gasteiger partial charge in [-0.3, -0.25) is 0 Å². The van der Waals surface area contributed by atoms with Gasteiger partial charge in [0.05, 0.1) is 5.92 Å². The van der Waals surface area contributed by atoms with Crippen LogP contribution >= 0.6 is 11.6 Å². The standard InChI is InChI=1S/C13H12ClF3N2O2/c1-7(11(20)13(15,16)17)12-18-10(19-21-12)6-8-3-2-4-9(14)5-8/h2-5,7,11,20H,6H2,1H3. The Balaban J connectivity index is 2.11. The predicted molar refractivity (Wildman–Crippen MR) is 69.0 cm³/mol. The zero-order chi connectivity index (χ0) is 15.6. The third-order valence-electron chi connectivity index (χ3n) is 2.93. The van der Waals surface area contributed by atoms with Crippen LogP contribution in [0.3, 0.4) is 0 Å². The molecular formula is C13H12ClF3N2O2. The Labute approximate surface area is 123 Å². The fraction of sp³-hybridized carbons (Fsp3) is 0.385. The number of halogens is 4. The Kier molecular flexibility index (Phi) is 4.53. The lowest BCUT2D eigenvalue weighted by atomic mass is 10.0. The lowest BCUT2D eigenvalue weighted by Crippen LogP contribution is -2.33. The summed E-state index contributed by atoms with van der Waals surface area (Å²) in [4.78, 5) is 3.89. The summed E-state index contributed by atoms with van der Waals surface area (Å²) in [6.45, 7) is 1.18. The largest absolute Gasteiger partial charge is 0.415 e. The smallest absolute Gasteiger partial charge is 0.383 e. The zero-order valence-electron chi connectivity index (χ0n) is 10.9. The van der Waals surface area contributed by atoms with Gasteiger partial charge in [-0.25, -0.2) is 0 Å². The average Bonchev–Trinajstić information content (AvgIpc) is 2.84. The van der Waals surface area contributed by atoms with Crippen LogP contribution in [-0.2, 0) is 6.42 Å². The van der Waals surface area contributed by atoms with Gasteiger partial charge in [0.25, 0.3) is 0 Å². The molecule has 21 heavy (non-hydrogen) atoms. The Morgan fingerprint density at radius 1 is 1.38 bits per heavy atom. The van der Waals surface area contributed by atoms with E-state index in [0.717, 1.165) is 5.56 Å². The Hall–Kier alpha value is -1.60. The molecule has 0 spiro atoms. The van der Waals surface area contributed by atoms with E-state index in [1.807, 2.05) is 0 Å². The molecule has 114 valence electrons. The third kappa shape index (κ3) is 3.95. The minimum atomic E-state index is -4.74. The topological polar surface area (TPSA) is 59.2 Å². The van der Waals surface area contributed by atoms with Gasteiger partial charge in [-0.2, -0.15) is 18.2 Å². The SMILES string of the molecule is CC(c1nc(Cc2cccc(Cl)c2)no1)C(O)C(F)(F)F. The number of hydrogen-bond donors (Lipinski definition) is 1. The molecule has 2 atom stereocenters. The van der Waals surface area contributed by atoms with Crippen LogP contribution in [0.1, 0.15) is 30.1 Å². The first-order valence-electron chi connectivity index (χ1n) is 6.09. The normalized spacial score (nSPS) is 15.0. The van der Waals surface area contributed by atoms with Gasteiger partial charge in [0.2, 0.25) is 5.89 Å². The van der Waals surface area contributed by atoms with E-state index in [9.17, 15) is 18.3 Å². The molecule has 1 aromatic carbocycles. The molecule has 2 unspecified atom stereocenters. The van der Waals surface area contributed by atoms with Gasteiger partial charge in [-0.15, -0.1) is 0 Å². The lowest BCUT2D eigenvalue weighted by Gasteiger charge is -2.17. The second-order valence-electron chi connectivity index (χ2n) is 4.63. The summed E-state index contributed by atoms with van der Waals surface area (Å²) in [6.07, 6.45) is -7.00. The molecule has 1 N–H and O–H groups in total. The molecule has 0 radical (unpaired) electrons. The highest BCUT2D eigenvalue weighted by Crippen LogP contribution is 2.30. The predicted octanol–water partition coefficient (Wildman–Crippen LogP) is 3.34. The van der Waals surface area contributed by atoms with E-state index in [-0.39, 0.29) is 18.1 Å². The van der Waals surface area contributed by atoms with Crippen molar-refractivity contribution in [1.29, 1.82) is 0 Å². The first-order chi connectivity index (χ1) is 9.77. The van der Waals surface area contributed by atoms with E-state index >= 15 is 0 Å². The summed E-state index contributed by atoms with van der Waals surface area (Å²) >= 11 is 5.84. The molecule has 2 rings (SSSR count). The fourth-order valence-electron chi connectivity index (χ4n) is 1.77. The molecule has 0 bridgehead atoms. The minimum absolute atomic E-state index is 0.230. The van der Waals surface area contributed by atoms with E-state index in [1.54, 1.807) is 24.3 Å². The minimum Gasteiger partial charge on any atom is -0.383 e.